The molecule has 0 radical (unpaired) electrons. The molecule has 0 aromatic carbocycles. The van der Waals surface area contributed by atoms with Crippen LogP contribution in [0.4, 0.5) is 0 Å². The minimum Gasteiger partial charge on any atom is -0.350 e. The van der Waals surface area contributed by atoms with Crippen molar-refractivity contribution in [1.82, 2.24) is 10.3 Å². The standard InChI is InChI=1S/C13H17ClN2O2/c14-10-5-2-1-4-9(10)8-15-13(18)11-6-3-7-12(17)16-11/h3,6-7,9-10H,1-2,4-5,8H2,(H,15,18)(H,16,17). The molecule has 1 aliphatic rings. The second-order valence-corrected chi connectivity index (χ2v) is 5.26. The van der Waals surface area contributed by atoms with Crippen LogP contribution in [-0.4, -0.2) is 22.8 Å². The molecular formula is C13H17ClN2O2. The summed E-state index contributed by atoms with van der Waals surface area (Å²) in [6.45, 7) is 0.573. The van der Waals surface area contributed by atoms with Crippen LogP contribution >= 0.6 is 11.6 Å². The molecule has 1 aromatic rings. The highest BCUT2D eigenvalue weighted by Gasteiger charge is 2.23. The van der Waals surface area contributed by atoms with Crippen LogP contribution in [0, 0.1) is 5.92 Å². The summed E-state index contributed by atoms with van der Waals surface area (Å²) in [5.74, 6) is 0.0851. The lowest BCUT2D eigenvalue weighted by molar-refractivity contribution is 0.0939. The first-order valence-electron chi connectivity index (χ1n) is 6.28. The van der Waals surface area contributed by atoms with E-state index in [9.17, 15) is 9.59 Å². The van der Waals surface area contributed by atoms with Crippen molar-refractivity contribution in [3.63, 3.8) is 0 Å². The lowest BCUT2D eigenvalue weighted by Crippen LogP contribution is -2.35. The number of amides is 1. The molecule has 2 rings (SSSR count). The second kappa shape index (κ2) is 6.05. The Balaban J connectivity index is 1.90. The third-order valence-electron chi connectivity index (χ3n) is 3.35. The lowest BCUT2D eigenvalue weighted by Gasteiger charge is -2.27. The van der Waals surface area contributed by atoms with Gasteiger partial charge in [-0.3, -0.25) is 9.59 Å². The summed E-state index contributed by atoms with van der Waals surface area (Å²) in [5.41, 5.74) is 0.0277. The lowest BCUT2D eigenvalue weighted by atomic mass is 9.89. The Kier molecular flexibility index (Phi) is 4.42. The fourth-order valence-electron chi connectivity index (χ4n) is 2.29. The van der Waals surface area contributed by atoms with Crippen molar-refractivity contribution in [2.45, 2.75) is 31.1 Å². The monoisotopic (exact) mass is 268 g/mol. The van der Waals surface area contributed by atoms with Crippen molar-refractivity contribution < 1.29 is 4.79 Å². The Hall–Kier alpha value is -1.29. The van der Waals surface area contributed by atoms with Crippen molar-refractivity contribution in [2.24, 2.45) is 5.92 Å². The molecule has 1 aromatic heterocycles. The molecule has 2 atom stereocenters. The van der Waals surface area contributed by atoms with Gasteiger partial charge in [-0.25, -0.2) is 0 Å². The van der Waals surface area contributed by atoms with Crippen LogP contribution < -0.4 is 10.9 Å². The predicted molar refractivity (Wildman–Crippen MR) is 71.0 cm³/mol. The van der Waals surface area contributed by atoms with Crippen LogP contribution in [-0.2, 0) is 0 Å². The van der Waals surface area contributed by atoms with Gasteiger partial charge in [-0.2, -0.15) is 0 Å². The largest absolute Gasteiger partial charge is 0.350 e. The summed E-state index contributed by atoms with van der Waals surface area (Å²) in [5, 5.41) is 2.98. The Bertz CT molecular complexity index is 472. The van der Waals surface area contributed by atoms with Gasteiger partial charge in [0.1, 0.15) is 5.69 Å². The number of hydrogen-bond donors (Lipinski definition) is 2. The molecule has 5 heteroatoms. The number of pyridine rings is 1. The average Bonchev–Trinajstić information content (AvgIpc) is 2.37. The van der Waals surface area contributed by atoms with Crippen LogP contribution in [0.5, 0.6) is 0 Å². The predicted octanol–water partition coefficient (Wildman–Crippen LogP) is 1.90. The van der Waals surface area contributed by atoms with Gasteiger partial charge >= 0.3 is 0 Å². The van der Waals surface area contributed by atoms with Gasteiger partial charge in [0.15, 0.2) is 0 Å². The minimum absolute atomic E-state index is 0.147. The fraction of sp³-hybridized carbons (Fsp3) is 0.538. The molecule has 18 heavy (non-hydrogen) atoms. The molecule has 98 valence electrons. The Morgan fingerprint density at radius 2 is 2.17 bits per heavy atom. The van der Waals surface area contributed by atoms with E-state index in [4.69, 9.17) is 11.6 Å². The Morgan fingerprint density at radius 3 is 2.89 bits per heavy atom. The summed E-state index contributed by atoms with van der Waals surface area (Å²) in [6, 6.07) is 4.54. The van der Waals surface area contributed by atoms with Crippen LogP contribution in [0.25, 0.3) is 0 Å². The average molecular weight is 269 g/mol. The van der Waals surface area contributed by atoms with Crippen molar-refractivity contribution in [1.29, 1.82) is 0 Å². The maximum atomic E-state index is 11.8. The summed E-state index contributed by atoms with van der Waals surface area (Å²) in [6.07, 6.45) is 4.42. The van der Waals surface area contributed by atoms with Crippen molar-refractivity contribution in [3.05, 3.63) is 34.2 Å². The van der Waals surface area contributed by atoms with Gasteiger partial charge in [-0.05, 0) is 24.8 Å². The van der Waals surface area contributed by atoms with Gasteiger partial charge in [0.2, 0.25) is 5.56 Å². The van der Waals surface area contributed by atoms with E-state index in [0.29, 0.717) is 18.2 Å². The van der Waals surface area contributed by atoms with E-state index in [-0.39, 0.29) is 16.8 Å². The number of hydrogen-bond acceptors (Lipinski definition) is 2. The molecule has 0 spiro atoms. The first-order chi connectivity index (χ1) is 8.66. The van der Waals surface area contributed by atoms with E-state index in [1.807, 2.05) is 0 Å². The number of rotatable bonds is 3. The smallest absolute Gasteiger partial charge is 0.267 e. The van der Waals surface area contributed by atoms with Crippen LogP contribution in [0.1, 0.15) is 36.2 Å². The first kappa shape index (κ1) is 13.1. The number of H-pyrrole nitrogens is 1. The molecule has 1 fully saturated rings. The van der Waals surface area contributed by atoms with E-state index in [1.54, 1.807) is 12.1 Å². The molecule has 0 saturated heterocycles. The number of carbonyl (C=O) groups is 1. The van der Waals surface area contributed by atoms with E-state index in [2.05, 4.69) is 10.3 Å². The van der Waals surface area contributed by atoms with Gasteiger partial charge in [0.25, 0.3) is 5.91 Å². The highest BCUT2D eigenvalue weighted by Crippen LogP contribution is 2.27. The van der Waals surface area contributed by atoms with Crippen molar-refractivity contribution in [2.75, 3.05) is 6.54 Å². The summed E-state index contributed by atoms with van der Waals surface area (Å²) in [7, 11) is 0. The normalized spacial score (nSPS) is 23.6. The zero-order valence-corrected chi connectivity index (χ0v) is 10.9. The van der Waals surface area contributed by atoms with Crippen LogP contribution in [0.2, 0.25) is 0 Å². The van der Waals surface area contributed by atoms with E-state index in [0.717, 1.165) is 12.8 Å². The molecule has 4 nitrogen and oxygen atoms in total. The topological polar surface area (TPSA) is 62.0 Å². The third kappa shape index (κ3) is 3.35. The van der Waals surface area contributed by atoms with Crippen molar-refractivity contribution in [3.8, 4) is 0 Å². The number of alkyl halides is 1. The molecule has 2 unspecified atom stereocenters. The molecule has 0 aliphatic heterocycles. The minimum atomic E-state index is -0.268. The fourth-order valence-corrected chi connectivity index (χ4v) is 2.66. The summed E-state index contributed by atoms with van der Waals surface area (Å²) >= 11 is 6.23. The number of carbonyl (C=O) groups excluding carboxylic acids is 1. The highest BCUT2D eigenvalue weighted by atomic mass is 35.5. The van der Waals surface area contributed by atoms with Gasteiger partial charge in [-0.15, -0.1) is 11.6 Å². The van der Waals surface area contributed by atoms with Crippen molar-refractivity contribution >= 4 is 17.5 Å². The zero-order chi connectivity index (χ0) is 13.0. The molecule has 1 aliphatic carbocycles. The van der Waals surface area contributed by atoms with Gasteiger partial charge in [-0.1, -0.05) is 18.9 Å². The number of halogens is 1. The maximum Gasteiger partial charge on any atom is 0.267 e. The number of aromatic nitrogens is 1. The summed E-state index contributed by atoms with van der Waals surface area (Å²) in [4.78, 5) is 25.4. The van der Waals surface area contributed by atoms with Gasteiger partial charge in [0.05, 0.1) is 0 Å². The Morgan fingerprint density at radius 1 is 1.39 bits per heavy atom. The van der Waals surface area contributed by atoms with E-state index < -0.39 is 0 Å². The first-order valence-corrected chi connectivity index (χ1v) is 6.72. The van der Waals surface area contributed by atoms with E-state index >= 15 is 0 Å². The van der Waals surface area contributed by atoms with E-state index in [1.165, 1.54) is 18.9 Å². The molecule has 0 bridgehead atoms. The van der Waals surface area contributed by atoms with Gasteiger partial charge < -0.3 is 10.3 Å². The highest BCUT2D eigenvalue weighted by molar-refractivity contribution is 6.20. The number of nitrogens with one attached hydrogen (secondary N) is 2. The zero-order valence-electron chi connectivity index (χ0n) is 10.1. The van der Waals surface area contributed by atoms with Gasteiger partial charge in [0, 0.05) is 18.0 Å². The van der Waals surface area contributed by atoms with Crippen LogP contribution in [0.15, 0.2) is 23.0 Å². The molecule has 1 saturated carbocycles. The Labute approximate surface area is 111 Å². The molecule has 1 heterocycles. The van der Waals surface area contributed by atoms with Crippen LogP contribution in [0.3, 0.4) is 0 Å². The molecule has 2 N–H and O–H groups in total. The SMILES string of the molecule is O=C(NCC1CCCCC1Cl)c1cccc(=O)[nH]1. The summed E-state index contributed by atoms with van der Waals surface area (Å²) < 4.78 is 0. The maximum absolute atomic E-state index is 11.8. The molecule has 1 amide bonds. The third-order valence-corrected chi connectivity index (χ3v) is 3.93. The second-order valence-electron chi connectivity index (χ2n) is 4.70. The molecular weight excluding hydrogens is 252 g/mol. The quantitative estimate of drug-likeness (QED) is 0.823. The number of aromatic amines is 1.